The van der Waals surface area contributed by atoms with Crippen molar-refractivity contribution >= 4 is 11.6 Å². The monoisotopic (exact) mass is 244 g/mol. The van der Waals surface area contributed by atoms with Crippen LogP contribution in [0.5, 0.6) is 0 Å². The highest BCUT2D eigenvalue weighted by molar-refractivity contribution is 6.02. The molecule has 18 heavy (non-hydrogen) atoms. The van der Waals surface area contributed by atoms with Crippen LogP contribution in [0.25, 0.3) is 0 Å². The number of benzene rings is 1. The van der Waals surface area contributed by atoms with E-state index in [2.05, 4.69) is 19.2 Å². The van der Waals surface area contributed by atoms with Gasteiger partial charge in [0, 0.05) is 18.2 Å². The first-order valence-electron chi connectivity index (χ1n) is 6.86. The lowest BCUT2D eigenvalue weighted by Crippen LogP contribution is -2.59. The number of nitrogens with zero attached hydrogens (tertiary/aromatic N) is 1. The van der Waals surface area contributed by atoms with Crippen LogP contribution in [0.2, 0.25) is 0 Å². The molecule has 1 aromatic carbocycles. The van der Waals surface area contributed by atoms with Crippen LogP contribution in [0.15, 0.2) is 24.3 Å². The molecule has 3 rings (SSSR count). The van der Waals surface area contributed by atoms with Gasteiger partial charge in [0.2, 0.25) is 0 Å². The fourth-order valence-electron chi connectivity index (χ4n) is 3.00. The molecule has 1 aliphatic carbocycles. The summed E-state index contributed by atoms with van der Waals surface area (Å²) < 4.78 is 0. The molecule has 0 saturated heterocycles. The van der Waals surface area contributed by atoms with Gasteiger partial charge in [-0.1, -0.05) is 19.1 Å². The second-order valence-corrected chi connectivity index (χ2v) is 5.55. The van der Waals surface area contributed by atoms with E-state index in [4.69, 9.17) is 0 Å². The van der Waals surface area contributed by atoms with Gasteiger partial charge in [-0.25, -0.2) is 0 Å². The Balaban J connectivity index is 2.04. The van der Waals surface area contributed by atoms with E-state index in [1.165, 1.54) is 12.8 Å². The Hall–Kier alpha value is -1.51. The molecule has 3 nitrogen and oxygen atoms in total. The standard InChI is InChI=1S/C15H20N2O/c1-3-10-17-14(18)12-6-4-5-7-13(12)16-15(17,2)11-8-9-11/h4-7,11,16H,3,8-10H2,1-2H3. The smallest absolute Gasteiger partial charge is 0.257 e. The predicted octanol–water partition coefficient (Wildman–Crippen LogP) is 3.09. The molecule has 2 aliphatic rings. The van der Waals surface area contributed by atoms with Crippen molar-refractivity contribution in [3.05, 3.63) is 29.8 Å². The predicted molar refractivity (Wildman–Crippen MR) is 72.5 cm³/mol. The second-order valence-electron chi connectivity index (χ2n) is 5.55. The normalized spacial score (nSPS) is 26.8. The largest absolute Gasteiger partial charge is 0.362 e. The van der Waals surface area contributed by atoms with Gasteiger partial charge in [0.05, 0.1) is 5.56 Å². The third kappa shape index (κ3) is 1.61. The zero-order chi connectivity index (χ0) is 12.8. The Labute approximate surface area is 108 Å². The SMILES string of the molecule is CCCN1C(=O)c2ccccc2NC1(C)C1CC1. The van der Waals surface area contributed by atoms with E-state index >= 15 is 0 Å². The highest BCUT2D eigenvalue weighted by atomic mass is 16.2. The molecule has 0 aromatic heterocycles. The molecule has 1 aliphatic heterocycles. The fraction of sp³-hybridized carbons (Fsp3) is 0.533. The summed E-state index contributed by atoms with van der Waals surface area (Å²) in [5.41, 5.74) is 1.61. The fourth-order valence-corrected chi connectivity index (χ4v) is 3.00. The molecule has 1 N–H and O–H groups in total. The number of anilines is 1. The molecule has 0 radical (unpaired) electrons. The number of hydrogen-bond donors (Lipinski definition) is 1. The molecule has 0 spiro atoms. The maximum Gasteiger partial charge on any atom is 0.257 e. The van der Waals surface area contributed by atoms with Crippen molar-refractivity contribution in [3.63, 3.8) is 0 Å². The lowest BCUT2D eigenvalue weighted by molar-refractivity contribution is 0.0493. The number of amides is 1. The molecule has 96 valence electrons. The number of carbonyl (C=O) groups is 1. The van der Waals surface area contributed by atoms with Gasteiger partial charge in [-0.3, -0.25) is 4.79 Å². The summed E-state index contributed by atoms with van der Waals surface area (Å²) >= 11 is 0. The number of nitrogens with one attached hydrogen (secondary N) is 1. The van der Waals surface area contributed by atoms with Gasteiger partial charge in [0.1, 0.15) is 5.66 Å². The summed E-state index contributed by atoms with van der Waals surface area (Å²) in [6, 6.07) is 7.85. The van der Waals surface area contributed by atoms with Crippen LogP contribution >= 0.6 is 0 Å². The van der Waals surface area contributed by atoms with Crippen LogP contribution in [0.4, 0.5) is 5.69 Å². The maximum atomic E-state index is 12.6. The number of fused-ring (bicyclic) bond motifs is 1. The Kier molecular flexibility index (Phi) is 2.58. The molecule has 1 atom stereocenters. The van der Waals surface area contributed by atoms with Gasteiger partial charge >= 0.3 is 0 Å². The van der Waals surface area contributed by atoms with Gasteiger partial charge in [-0.05, 0) is 38.3 Å². The van der Waals surface area contributed by atoms with Crippen LogP contribution in [0.1, 0.15) is 43.5 Å². The zero-order valence-corrected chi connectivity index (χ0v) is 11.1. The maximum absolute atomic E-state index is 12.6. The van der Waals surface area contributed by atoms with Crippen LogP contribution in [0, 0.1) is 5.92 Å². The van der Waals surface area contributed by atoms with Crippen molar-refractivity contribution in [3.8, 4) is 0 Å². The molecule has 0 bridgehead atoms. The Morgan fingerprint density at radius 3 is 2.78 bits per heavy atom. The molecule has 1 unspecified atom stereocenters. The minimum absolute atomic E-state index is 0.181. The van der Waals surface area contributed by atoms with Crippen molar-refractivity contribution in [2.24, 2.45) is 5.92 Å². The molecular formula is C15H20N2O. The van der Waals surface area contributed by atoms with E-state index in [-0.39, 0.29) is 11.6 Å². The number of carbonyl (C=O) groups excluding carboxylic acids is 1. The third-order valence-electron chi connectivity index (χ3n) is 4.17. The van der Waals surface area contributed by atoms with E-state index in [9.17, 15) is 4.79 Å². The summed E-state index contributed by atoms with van der Waals surface area (Å²) in [6.45, 7) is 5.13. The van der Waals surface area contributed by atoms with Gasteiger partial charge in [-0.2, -0.15) is 0 Å². The Morgan fingerprint density at radius 2 is 2.11 bits per heavy atom. The quantitative estimate of drug-likeness (QED) is 0.886. The number of rotatable bonds is 3. The highest BCUT2D eigenvalue weighted by Crippen LogP contribution is 2.46. The summed E-state index contributed by atoms with van der Waals surface area (Å²) in [4.78, 5) is 14.7. The van der Waals surface area contributed by atoms with Crippen LogP contribution in [0.3, 0.4) is 0 Å². The van der Waals surface area contributed by atoms with Crippen molar-refractivity contribution in [1.29, 1.82) is 0 Å². The third-order valence-corrected chi connectivity index (χ3v) is 4.17. The van der Waals surface area contributed by atoms with Crippen molar-refractivity contribution in [2.45, 2.75) is 38.8 Å². The van der Waals surface area contributed by atoms with Crippen molar-refractivity contribution in [2.75, 3.05) is 11.9 Å². The van der Waals surface area contributed by atoms with Crippen LogP contribution in [-0.2, 0) is 0 Å². The Morgan fingerprint density at radius 1 is 1.39 bits per heavy atom. The van der Waals surface area contributed by atoms with E-state index in [0.717, 1.165) is 24.2 Å². The van der Waals surface area contributed by atoms with E-state index in [1.54, 1.807) is 0 Å². The molecule has 1 fully saturated rings. The minimum atomic E-state index is -0.193. The van der Waals surface area contributed by atoms with Gasteiger partial charge in [0.25, 0.3) is 5.91 Å². The Bertz CT molecular complexity index is 481. The minimum Gasteiger partial charge on any atom is -0.362 e. The molecule has 1 heterocycles. The first-order chi connectivity index (χ1) is 8.66. The van der Waals surface area contributed by atoms with Crippen molar-refractivity contribution in [1.82, 2.24) is 4.90 Å². The summed E-state index contributed by atoms with van der Waals surface area (Å²) in [5, 5.41) is 3.61. The summed E-state index contributed by atoms with van der Waals surface area (Å²) in [5.74, 6) is 0.780. The van der Waals surface area contributed by atoms with Gasteiger partial charge < -0.3 is 10.2 Å². The highest BCUT2D eigenvalue weighted by Gasteiger charge is 2.50. The van der Waals surface area contributed by atoms with E-state index in [0.29, 0.717) is 5.92 Å². The first-order valence-corrected chi connectivity index (χ1v) is 6.86. The average molecular weight is 244 g/mol. The number of para-hydroxylation sites is 1. The van der Waals surface area contributed by atoms with Crippen molar-refractivity contribution < 1.29 is 4.79 Å². The number of hydrogen-bond acceptors (Lipinski definition) is 2. The molecule has 1 amide bonds. The average Bonchev–Trinajstić information content (AvgIpc) is 3.19. The van der Waals surface area contributed by atoms with Gasteiger partial charge in [-0.15, -0.1) is 0 Å². The van der Waals surface area contributed by atoms with E-state index < -0.39 is 0 Å². The molecular weight excluding hydrogens is 224 g/mol. The molecule has 3 heteroatoms. The van der Waals surface area contributed by atoms with Crippen LogP contribution in [-0.4, -0.2) is 23.0 Å². The molecule has 1 saturated carbocycles. The van der Waals surface area contributed by atoms with Crippen LogP contribution < -0.4 is 5.32 Å². The van der Waals surface area contributed by atoms with E-state index in [1.807, 2.05) is 29.2 Å². The molecule has 1 aromatic rings. The summed E-state index contributed by atoms with van der Waals surface area (Å²) in [7, 11) is 0. The van der Waals surface area contributed by atoms with Gasteiger partial charge in [0.15, 0.2) is 0 Å². The second kappa shape index (κ2) is 4.01. The lowest BCUT2D eigenvalue weighted by Gasteiger charge is -2.47. The zero-order valence-electron chi connectivity index (χ0n) is 11.1. The summed E-state index contributed by atoms with van der Waals surface area (Å²) in [6.07, 6.45) is 3.44. The lowest BCUT2D eigenvalue weighted by atomic mass is 9.96. The first kappa shape index (κ1) is 11.6. The topological polar surface area (TPSA) is 32.3 Å².